The summed E-state index contributed by atoms with van der Waals surface area (Å²) >= 11 is 0. The van der Waals surface area contributed by atoms with E-state index in [0.717, 1.165) is 18.5 Å². The zero-order valence-electron chi connectivity index (χ0n) is 29.2. The highest BCUT2D eigenvalue weighted by Gasteiger charge is 2.25. The molecule has 0 spiro atoms. The molecule has 0 fully saturated rings. The topological polar surface area (TPSA) is 7.65 Å². The third-order valence-electron chi connectivity index (χ3n) is 12.0. The average Bonchev–Trinajstić information content (AvgIpc) is 3.88. The molecule has 2 heteroatoms. The summed E-state index contributed by atoms with van der Waals surface area (Å²) in [5, 5.41) is 10.3. The standard InChI is InChI=1S/C51H34N2/c1-2-15-36(16-3-1)52(45-21-9-6-18-39(45)34-26-27-38-35(30-34)29-33-13-4-5-17-37(33)38)48-24-12-14-32-25-28-41-43(49(32)48)31-44-40-19-7-10-22-46(40)53-47-23-11-8-20-42(47)50(41)51(44)53/h1-3,5-12,14-28,30-31H,4,13,29H2. The monoisotopic (exact) mass is 674 g/mol. The number of anilines is 3. The first-order chi connectivity index (χ1) is 26.3. The summed E-state index contributed by atoms with van der Waals surface area (Å²) in [6, 6.07) is 58.8. The van der Waals surface area contributed by atoms with Crippen molar-refractivity contribution in [1.82, 2.24) is 4.40 Å². The first-order valence-electron chi connectivity index (χ1n) is 18.8. The van der Waals surface area contributed by atoms with E-state index in [9.17, 15) is 0 Å². The van der Waals surface area contributed by atoms with Gasteiger partial charge in [0.25, 0.3) is 0 Å². The van der Waals surface area contributed by atoms with E-state index in [1.807, 2.05) is 0 Å². The van der Waals surface area contributed by atoms with Crippen molar-refractivity contribution in [2.45, 2.75) is 19.3 Å². The maximum atomic E-state index is 2.50. The van der Waals surface area contributed by atoms with Crippen molar-refractivity contribution >= 4 is 82.3 Å². The fourth-order valence-corrected chi connectivity index (χ4v) is 9.75. The van der Waals surface area contributed by atoms with Crippen LogP contribution in [-0.2, 0) is 6.42 Å². The molecule has 248 valence electrons. The van der Waals surface area contributed by atoms with Crippen molar-refractivity contribution in [2.24, 2.45) is 0 Å². The lowest BCUT2D eigenvalue weighted by atomic mass is 9.93. The van der Waals surface area contributed by atoms with Gasteiger partial charge < -0.3 is 9.30 Å². The van der Waals surface area contributed by atoms with Gasteiger partial charge in [0.05, 0.1) is 27.9 Å². The van der Waals surface area contributed by atoms with Gasteiger partial charge in [-0.3, -0.25) is 0 Å². The summed E-state index contributed by atoms with van der Waals surface area (Å²) in [6.45, 7) is 0. The molecular formula is C51H34N2. The largest absolute Gasteiger partial charge is 0.309 e. The van der Waals surface area contributed by atoms with Crippen molar-refractivity contribution in [2.75, 3.05) is 4.90 Å². The summed E-state index contributed by atoms with van der Waals surface area (Å²) < 4.78 is 2.48. The number of hydrogen-bond donors (Lipinski definition) is 0. The van der Waals surface area contributed by atoms with E-state index in [0.29, 0.717) is 0 Å². The molecule has 0 amide bonds. The molecular weight excluding hydrogens is 641 g/mol. The maximum Gasteiger partial charge on any atom is 0.0626 e. The summed E-state index contributed by atoms with van der Waals surface area (Å²) in [4.78, 5) is 2.50. The van der Waals surface area contributed by atoms with Crippen molar-refractivity contribution in [3.8, 4) is 11.1 Å². The molecule has 0 aliphatic heterocycles. The van der Waals surface area contributed by atoms with Crippen LogP contribution in [0.3, 0.4) is 0 Å². The van der Waals surface area contributed by atoms with Gasteiger partial charge in [-0.2, -0.15) is 0 Å². The van der Waals surface area contributed by atoms with Gasteiger partial charge in [-0.05, 0) is 100 Å². The predicted molar refractivity (Wildman–Crippen MR) is 225 cm³/mol. The van der Waals surface area contributed by atoms with Crippen LogP contribution in [0, 0.1) is 0 Å². The van der Waals surface area contributed by atoms with Crippen LogP contribution in [0.1, 0.15) is 24.0 Å². The highest BCUT2D eigenvalue weighted by atomic mass is 15.1. The summed E-state index contributed by atoms with van der Waals surface area (Å²) in [5.41, 5.74) is 15.7. The highest BCUT2D eigenvalue weighted by molar-refractivity contribution is 6.34. The van der Waals surface area contributed by atoms with Crippen LogP contribution in [0.25, 0.3) is 76.3 Å². The smallest absolute Gasteiger partial charge is 0.0626 e. The molecule has 2 heterocycles. The molecule has 2 aromatic heterocycles. The Morgan fingerprint density at radius 2 is 1.28 bits per heavy atom. The summed E-state index contributed by atoms with van der Waals surface area (Å²) in [6.07, 6.45) is 8.05. The minimum absolute atomic E-state index is 1.05. The number of rotatable bonds is 4. The van der Waals surface area contributed by atoms with Gasteiger partial charge in [0.1, 0.15) is 0 Å². The number of nitrogens with zero attached hydrogens (tertiary/aromatic N) is 2. The summed E-state index contributed by atoms with van der Waals surface area (Å²) in [7, 11) is 0. The van der Waals surface area contributed by atoms with Crippen LogP contribution in [0.5, 0.6) is 0 Å². The molecule has 0 unspecified atom stereocenters. The number of para-hydroxylation sites is 4. The lowest BCUT2D eigenvalue weighted by molar-refractivity contribution is 0.935. The Labute approximate surface area is 307 Å². The Bertz CT molecular complexity index is 3190. The van der Waals surface area contributed by atoms with Gasteiger partial charge in [-0.25, -0.2) is 0 Å². The first kappa shape index (κ1) is 29.0. The van der Waals surface area contributed by atoms with E-state index in [1.54, 1.807) is 5.57 Å². The van der Waals surface area contributed by atoms with Crippen molar-refractivity contribution in [3.05, 3.63) is 187 Å². The SMILES string of the molecule is C1=CC2=C(CC1)Cc1cc(-c3ccccc3N(c3ccccc3)c3cccc4ccc5c(cc6c7ccccc7n7c8ccccc8c5c67)c34)ccc12. The van der Waals surface area contributed by atoms with Gasteiger partial charge in [-0.15, -0.1) is 0 Å². The fraction of sp³-hybridized carbons (Fsp3) is 0.0588. The van der Waals surface area contributed by atoms with E-state index in [2.05, 4.69) is 179 Å². The normalized spacial score (nSPS) is 14.0. The van der Waals surface area contributed by atoms with Crippen molar-refractivity contribution in [1.29, 1.82) is 0 Å². The second-order valence-corrected chi connectivity index (χ2v) is 14.7. The molecule has 12 rings (SSSR count). The minimum Gasteiger partial charge on any atom is -0.309 e. The predicted octanol–water partition coefficient (Wildman–Crippen LogP) is 13.9. The molecule has 10 aromatic rings. The lowest BCUT2D eigenvalue weighted by Crippen LogP contribution is -2.11. The van der Waals surface area contributed by atoms with E-state index < -0.39 is 0 Å². The van der Waals surface area contributed by atoms with Gasteiger partial charge in [0.15, 0.2) is 0 Å². The second kappa shape index (κ2) is 10.9. The van der Waals surface area contributed by atoms with E-state index in [1.165, 1.54) is 105 Å². The maximum absolute atomic E-state index is 2.50. The van der Waals surface area contributed by atoms with E-state index >= 15 is 0 Å². The Morgan fingerprint density at radius 1 is 0.509 bits per heavy atom. The van der Waals surface area contributed by atoms with Gasteiger partial charge in [0, 0.05) is 38.2 Å². The Morgan fingerprint density at radius 3 is 2.19 bits per heavy atom. The number of aromatic nitrogens is 1. The Balaban J connectivity index is 1.16. The van der Waals surface area contributed by atoms with Crippen LogP contribution in [0.2, 0.25) is 0 Å². The van der Waals surface area contributed by atoms with Crippen LogP contribution in [0.4, 0.5) is 17.1 Å². The van der Waals surface area contributed by atoms with Crippen LogP contribution in [-0.4, -0.2) is 4.40 Å². The average molecular weight is 675 g/mol. The van der Waals surface area contributed by atoms with E-state index in [-0.39, 0.29) is 0 Å². The number of allylic oxidation sites excluding steroid dienone is 4. The van der Waals surface area contributed by atoms with E-state index in [4.69, 9.17) is 0 Å². The minimum atomic E-state index is 1.05. The molecule has 0 saturated carbocycles. The molecule has 2 aliphatic rings. The highest BCUT2D eigenvalue weighted by Crippen LogP contribution is 2.49. The van der Waals surface area contributed by atoms with Gasteiger partial charge in [-0.1, -0.05) is 133 Å². The number of benzene rings is 8. The molecule has 2 nitrogen and oxygen atoms in total. The Kier molecular flexibility index (Phi) is 5.98. The zero-order chi connectivity index (χ0) is 34.6. The van der Waals surface area contributed by atoms with Crippen LogP contribution >= 0.6 is 0 Å². The van der Waals surface area contributed by atoms with Crippen LogP contribution in [0.15, 0.2) is 175 Å². The molecule has 2 aliphatic carbocycles. The molecule has 0 saturated heterocycles. The summed E-state index contributed by atoms with van der Waals surface area (Å²) in [5.74, 6) is 0. The third kappa shape index (κ3) is 4.04. The molecule has 0 N–H and O–H groups in total. The van der Waals surface area contributed by atoms with Crippen molar-refractivity contribution in [3.63, 3.8) is 0 Å². The lowest BCUT2D eigenvalue weighted by Gasteiger charge is -2.29. The van der Waals surface area contributed by atoms with Gasteiger partial charge in [0.2, 0.25) is 0 Å². The van der Waals surface area contributed by atoms with Gasteiger partial charge >= 0.3 is 0 Å². The third-order valence-corrected chi connectivity index (χ3v) is 12.0. The number of hydrogen-bond acceptors (Lipinski definition) is 1. The molecule has 0 bridgehead atoms. The van der Waals surface area contributed by atoms with Crippen molar-refractivity contribution < 1.29 is 0 Å². The second-order valence-electron chi connectivity index (χ2n) is 14.7. The quantitative estimate of drug-likeness (QED) is 0.169. The first-order valence-corrected chi connectivity index (χ1v) is 18.8. The molecule has 53 heavy (non-hydrogen) atoms. The Hall–Kier alpha value is -6.64. The van der Waals surface area contributed by atoms with Crippen LogP contribution < -0.4 is 4.90 Å². The molecule has 8 aromatic carbocycles. The molecule has 0 atom stereocenters. The molecule has 0 radical (unpaired) electrons. The fourth-order valence-electron chi connectivity index (χ4n) is 9.75. The zero-order valence-corrected chi connectivity index (χ0v) is 29.2. The number of fused-ring (bicyclic) bond motifs is 12.